The number of benzene rings is 2. The van der Waals surface area contributed by atoms with E-state index in [0.717, 1.165) is 16.0 Å². The largest absolute Gasteiger partial charge is 0.497 e. The van der Waals surface area contributed by atoms with Gasteiger partial charge in [0.15, 0.2) is 0 Å². The molecule has 2 aromatic heterocycles. The molecule has 0 saturated carbocycles. The lowest BCUT2D eigenvalue weighted by Crippen LogP contribution is -2.32. The number of nitrogens with one attached hydrogen (secondary N) is 1. The lowest BCUT2D eigenvalue weighted by Gasteiger charge is -2.06. The summed E-state index contributed by atoms with van der Waals surface area (Å²) in [6.45, 7) is 0.0754. The van der Waals surface area contributed by atoms with Crippen molar-refractivity contribution >= 4 is 11.6 Å². The molecule has 0 atom stereocenters. The Labute approximate surface area is 183 Å². The van der Waals surface area contributed by atoms with Crippen LogP contribution < -0.4 is 25.2 Å². The SMILES string of the molecule is COc1ccc(CNC(=O)Cn2nc3c(Oc4cccc(OC)c4)nccn3c2=O)cc1. The lowest BCUT2D eigenvalue weighted by molar-refractivity contribution is -0.122. The first-order chi connectivity index (χ1) is 15.6. The highest BCUT2D eigenvalue weighted by Crippen LogP contribution is 2.25. The smallest absolute Gasteiger partial charge is 0.351 e. The predicted molar refractivity (Wildman–Crippen MR) is 115 cm³/mol. The molecule has 10 heteroatoms. The van der Waals surface area contributed by atoms with Crippen molar-refractivity contribution in [2.45, 2.75) is 13.1 Å². The van der Waals surface area contributed by atoms with Gasteiger partial charge in [0, 0.05) is 25.0 Å². The predicted octanol–water partition coefficient (Wildman–Crippen LogP) is 2.02. The molecule has 1 N–H and O–H groups in total. The number of amides is 1. The minimum atomic E-state index is -0.475. The van der Waals surface area contributed by atoms with Crippen LogP contribution in [0.25, 0.3) is 5.65 Å². The number of aromatic nitrogens is 4. The summed E-state index contributed by atoms with van der Waals surface area (Å²) in [6.07, 6.45) is 2.90. The van der Waals surface area contributed by atoms with E-state index < -0.39 is 5.69 Å². The first-order valence-electron chi connectivity index (χ1n) is 9.73. The van der Waals surface area contributed by atoms with Crippen molar-refractivity contribution in [1.29, 1.82) is 0 Å². The van der Waals surface area contributed by atoms with E-state index in [9.17, 15) is 9.59 Å². The van der Waals surface area contributed by atoms with Crippen LogP contribution >= 0.6 is 0 Å². The third kappa shape index (κ3) is 4.53. The zero-order valence-corrected chi connectivity index (χ0v) is 17.5. The van der Waals surface area contributed by atoms with E-state index in [1.807, 2.05) is 24.3 Å². The average Bonchev–Trinajstić information content (AvgIpc) is 3.14. The first kappa shape index (κ1) is 20.9. The number of hydrogen-bond donors (Lipinski definition) is 1. The second kappa shape index (κ2) is 9.21. The van der Waals surface area contributed by atoms with E-state index in [4.69, 9.17) is 14.2 Å². The zero-order valence-electron chi connectivity index (χ0n) is 17.5. The molecule has 2 heterocycles. The summed E-state index contributed by atoms with van der Waals surface area (Å²) in [6, 6.07) is 14.3. The number of fused-ring (bicyclic) bond motifs is 1. The van der Waals surface area contributed by atoms with Gasteiger partial charge in [0.2, 0.25) is 11.6 Å². The van der Waals surface area contributed by atoms with E-state index in [1.165, 1.54) is 16.8 Å². The van der Waals surface area contributed by atoms with Crippen molar-refractivity contribution in [1.82, 2.24) is 24.5 Å². The molecule has 0 bridgehead atoms. The third-order valence-corrected chi connectivity index (χ3v) is 4.67. The minimum absolute atomic E-state index is 0.134. The zero-order chi connectivity index (χ0) is 22.5. The maximum absolute atomic E-state index is 12.7. The Kier molecular flexibility index (Phi) is 6.02. The molecule has 1 amide bonds. The van der Waals surface area contributed by atoms with Crippen LogP contribution in [0.5, 0.6) is 23.1 Å². The van der Waals surface area contributed by atoms with Gasteiger partial charge in [-0.15, -0.1) is 5.10 Å². The fourth-order valence-corrected chi connectivity index (χ4v) is 3.01. The molecule has 0 spiro atoms. The van der Waals surface area contributed by atoms with E-state index in [1.54, 1.807) is 38.5 Å². The van der Waals surface area contributed by atoms with Gasteiger partial charge in [0.1, 0.15) is 23.8 Å². The van der Waals surface area contributed by atoms with Crippen LogP contribution in [0.3, 0.4) is 0 Å². The van der Waals surface area contributed by atoms with Gasteiger partial charge in [-0.05, 0) is 29.8 Å². The summed E-state index contributed by atoms with van der Waals surface area (Å²) in [5, 5.41) is 7.01. The molecule has 0 aliphatic carbocycles. The maximum Gasteiger partial charge on any atom is 0.351 e. The average molecular weight is 435 g/mol. The topological polar surface area (TPSA) is 109 Å². The van der Waals surface area contributed by atoms with Gasteiger partial charge in [-0.25, -0.2) is 18.9 Å². The van der Waals surface area contributed by atoms with Crippen LogP contribution in [-0.4, -0.2) is 39.3 Å². The standard InChI is InChI=1S/C22H21N5O5/c1-30-16-8-6-15(7-9-16)13-24-19(28)14-27-22(29)26-11-10-23-21(20(26)25-27)32-18-5-3-4-17(12-18)31-2/h3-12H,13-14H2,1-2H3,(H,24,28). The van der Waals surface area contributed by atoms with E-state index in [0.29, 0.717) is 18.0 Å². The van der Waals surface area contributed by atoms with Crippen molar-refractivity contribution < 1.29 is 19.0 Å². The Morgan fingerprint density at radius 3 is 2.53 bits per heavy atom. The quantitative estimate of drug-likeness (QED) is 0.451. The number of methoxy groups -OCH3 is 2. The monoisotopic (exact) mass is 435 g/mol. The molecule has 4 aromatic rings. The number of carbonyl (C=O) groups is 1. The molecule has 0 unspecified atom stereocenters. The summed E-state index contributed by atoms with van der Waals surface area (Å²) in [5.74, 6) is 1.61. The Morgan fingerprint density at radius 2 is 1.78 bits per heavy atom. The molecule has 0 aliphatic heterocycles. The van der Waals surface area contributed by atoms with Crippen molar-refractivity contribution in [3.8, 4) is 23.1 Å². The molecule has 10 nitrogen and oxygen atoms in total. The van der Waals surface area contributed by atoms with Gasteiger partial charge < -0.3 is 19.5 Å². The lowest BCUT2D eigenvalue weighted by atomic mass is 10.2. The fourth-order valence-electron chi connectivity index (χ4n) is 3.01. The van der Waals surface area contributed by atoms with Crippen molar-refractivity contribution in [2.75, 3.05) is 14.2 Å². The molecule has 32 heavy (non-hydrogen) atoms. The van der Waals surface area contributed by atoms with Crippen LogP contribution in [0, 0.1) is 0 Å². The molecular weight excluding hydrogens is 414 g/mol. The number of nitrogens with zero attached hydrogens (tertiary/aromatic N) is 4. The Balaban J connectivity index is 1.49. The van der Waals surface area contributed by atoms with Crippen molar-refractivity contribution in [3.05, 3.63) is 77.0 Å². The van der Waals surface area contributed by atoms with E-state index in [-0.39, 0.29) is 24.0 Å². The highest BCUT2D eigenvalue weighted by molar-refractivity contribution is 5.75. The van der Waals surface area contributed by atoms with Crippen LogP contribution in [0.4, 0.5) is 0 Å². The highest BCUT2D eigenvalue weighted by Gasteiger charge is 2.16. The van der Waals surface area contributed by atoms with Crippen LogP contribution in [0.15, 0.2) is 65.7 Å². The van der Waals surface area contributed by atoms with Gasteiger partial charge in [0.25, 0.3) is 5.88 Å². The van der Waals surface area contributed by atoms with Crippen LogP contribution in [-0.2, 0) is 17.9 Å². The second-order valence-electron chi connectivity index (χ2n) is 6.77. The van der Waals surface area contributed by atoms with Gasteiger partial charge in [-0.1, -0.05) is 18.2 Å². The fraction of sp³-hybridized carbons (Fsp3) is 0.182. The third-order valence-electron chi connectivity index (χ3n) is 4.67. The highest BCUT2D eigenvalue weighted by atomic mass is 16.5. The molecular formula is C22H21N5O5. The first-order valence-corrected chi connectivity index (χ1v) is 9.73. The van der Waals surface area contributed by atoms with Crippen LogP contribution in [0.2, 0.25) is 0 Å². The summed E-state index contributed by atoms with van der Waals surface area (Å²) < 4.78 is 18.4. The van der Waals surface area contributed by atoms with Gasteiger partial charge in [-0.2, -0.15) is 0 Å². The Hall–Kier alpha value is -4.34. The Morgan fingerprint density at radius 1 is 1.03 bits per heavy atom. The summed E-state index contributed by atoms with van der Waals surface area (Å²) in [5.41, 5.74) is 0.625. The molecule has 4 rings (SSSR count). The normalized spacial score (nSPS) is 10.7. The van der Waals surface area contributed by atoms with Crippen molar-refractivity contribution in [3.63, 3.8) is 0 Å². The number of ether oxygens (including phenoxy) is 3. The van der Waals surface area contributed by atoms with Crippen molar-refractivity contribution in [2.24, 2.45) is 0 Å². The molecule has 2 aromatic carbocycles. The minimum Gasteiger partial charge on any atom is -0.497 e. The van der Waals surface area contributed by atoms with Gasteiger partial charge >= 0.3 is 5.69 Å². The molecule has 0 radical (unpaired) electrons. The molecule has 0 aliphatic rings. The molecule has 0 fully saturated rings. The number of rotatable bonds is 8. The van der Waals surface area contributed by atoms with Gasteiger partial charge in [-0.3, -0.25) is 4.79 Å². The molecule has 0 saturated heterocycles. The Bertz CT molecular complexity index is 1300. The maximum atomic E-state index is 12.7. The second-order valence-corrected chi connectivity index (χ2v) is 6.77. The molecule has 164 valence electrons. The van der Waals surface area contributed by atoms with E-state index >= 15 is 0 Å². The summed E-state index contributed by atoms with van der Waals surface area (Å²) >= 11 is 0. The summed E-state index contributed by atoms with van der Waals surface area (Å²) in [4.78, 5) is 29.2. The van der Waals surface area contributed by atoms with Gasteiger partial charge in [0.05, 0.1) is 14.2 Å². The number of hydrogen-bond acceptors (Lipinski definition) is 7. The van der Waals surface area contributed by atoms with Crippen LogP contribution in [0.1, 0.15) is 5.56 Å². The van der Waals surface area contributed by atoms with E-state index in [2.05, 4.69) is 15.4 Å². The summed E-state index contributed by atoms with van der Waals surface area (Å²) in [7, 11) is 3.14. The number of carbonyl (C=O) groups excluding carboxylic acids is 1.